The zero-order valence-corrected chi connectivity index (χ0v) is 12.2. The second-order valence-corrected chi connectivity index (χ2v) is 5.18. The summed E-state index contributed by atoms with van der Waals surface area (Å²) in [6.07, 6.45) is 1.39. The topological polar surface area (TPSA) is 68.0 Å². The number of halogens is 2. The highest BCUT2D eigenvalue weighted by Gasteiger charge is 2.13. The van der Waals surface area contributed by atoms with Crippen LogP contribution in [0.5, 0.6) is 0 Å². The first kappa shape index (κ1) is 14.6. The van der Waals surface area contributed by atoms with Crippen LogP contribution in [0.2, 0.25) is 10.0 Å². The van der Waals surface area contributed by atoms with Gasteiger partial charge in [-0.15, -0.1) is 0 Å². The number of hydrogen-bond acceptors (Lipinski definition) is 3. The Bertz CT molecular complexity index is 629. The molecule has 2 rings (SSSR count). The number of aromatic nitrogens is 1. The van der Waals surface area contributed by atoms with Crippen LogP contribution in [0.15, 0.2) is 36.5 Å². The van der Waals surface area contributed by atoms with Crippen molar-refractivity contribution in [3.05, 3.63) is 57.7 Å². The number of rotatable bonds is 3. The predicted octanol–water partition coefficient (Wildman–Crippen LogP) is 3.46. The lowest BCUT2D eigenvalue weighted by atomic mass is 10.1. The van der Waals surface area contributed by atoms with Crippen molar-refractivity contribution in [1.82, 2.24) is 10.3 Å². The van der Waals surface area contributed by atoms with Gasteiger partial charge in [-0.05, 0) is 30.7 Å². The Kier molecular flexibility index (Phi) is 4.47. The third kappa shape index (κ3) is 3.40. The molecule has 1 unspecified atom stereocenters. The largest absolute Gasteiger partial charge is 0.382 e. The van der Waals surface area contributed by atoms with Gasteiger partial charge in [0.1, 0.15) is 5.82 Å². The Morgan fingerprint density at radius 3 is 2.55 bits per heavy atom. The molecule has 1 atom stereocenters. The molecular weight excluding hydrogens is 297 g/mol. The molecule has 4 nitrogen and oxygen atoms in total. The molecule has 0 aliphatic carbocycles. The lowest BCUT2D eigenvalue weighted by molar-refractivity contribution is 0.0939. The van der Waals surface area contributed by atoms with E-state index in [2.05, 4.69) is 10.3 Å². The predicted molar refractivity (Wildman–Crippen MR) is 81.0 cm³/mol. The van der Waals surface area contributed by atoms with Gasteiger partial charge in [-0.25, -0.2) is 4.98 Å². The lowest BCUT2D eigenvalue weighted by Crippen LogP contribution is -2.26. The summed E-state index contributed by atoms with van der Waals surface area (Å²) < 4.78 is 0. The third-order valence-corrected chi connectivity index (χ3v) is 3.40. The molecule has 6 heteroatoms. The number of anilines is 1. The van der Waals surface area contributed by atoms with Crippen LogP contribution in [0.25, 0.3) is 0 Å². The van der Waals surface area contributed by atoms with E-state index in [-0.39, 0.29) is 22.8 Å². The van der Waals surface area contributed by atoms with Crippen LogP contribution in [0, 0.1) is 0 Å². The normalized spacial score (nSPS) is 11.9. The molecule has 0 saturated heterocycles. The summed E-state index contributed by atoms with van der Waals surface area (Å²) in [5, 5.41) is 3.77. The maximum absolute atomic E-state index is 12.1. The average Bonchev–Trinajstić information content (AvgIpc) is 2.42. The van der Waals surface area contributed by atoms with Crippen molar-refractivity contribution in [1.29, 1.82) is 0 Å². The minimum absolute atomic E-state index is 0.156. The Labute approximate surface area is 126 Å². The van der Waals surface area contributed by atoms with Crippen molar-refractivity contribution in [2.75, 3.05) is 5.73 Å². The van der Waals surface area contributed by atoms with Crippen LogP contribution in [0.1, 0.15) is 28.9 Å². The van der Waals surface area contributed by atoms with Gasteiger partial charge < -0.3 is 11.1 Å². The minimum Gasteiger partial charge on any atom is -0.382 e. The number of hydrogen-bond donors (Lipinski definition) is 2. The molecule has 1 amide bonds. The first-order valence-corrected chi connectivity index (χ1v) is 6.70. The maximum Gasteiger partial charge on any atom is 0.253 e. The highest BCUT2D eigenvalue weighted by atomic mass is 35.5. The van der Waals surface area contributed by atoms with Crippen molar-refractivity contribution < 1.29 is 4.79 Å². The fourth-order valence-electron chi connectivity index (χ4n) is 1.69. The summed E-state index contributed by atoms with van der Waals surface area (Å²) in [5.74, 6) is -0.0594. The zero-order chi connectivity index (χ0) is 14.7. The number of benzene rings is 1. The number of nitrogen functional groups attached to an aromatic ring is 1. The number of nitrogens with two attached hydrogens (primary N) is 1. The van der Waals surface area contributed by atoms with Crippen molar-refractivity contribution in [2.45, 2.75) is 13.0 Å². The summed E-state index contributed by atoms with van der Waals surface area (Å²) in [4.78, 5) is 15.9. The standard InChI is InChI=1S/C14H13Cl2N3O/c1-8(9-2-4-11(15)5-3-9)19-14(20)10-6-12(16)13(17)18-7-10/h2-8H,1H3,(H2,17,18)(H,19,20). The van der Waals surface area contributed by atoms with Crippen LogP contribution in [0.4, 0.5) is 5.82 Å². The summed E-state index contributed by atoms with van der Waals surface area (Å²) in [6, 6.07) is 8.62. The molecule has 1 aromatic carbocycles. The van der Waals surface area contributed by atoms with Gasteiger partial charge >= 0.3 is 0 Å². The van der Waals surface area contributed by atoms with Gasteiger partial charge in [0.25, 0.3) is 5.91 Å². The van der Waals surface area contributed by atoms with E-state index < -0.39 is 0 Å². The van der Waals surface area contributed by atoms with Gasteiger partial charge in [0.05, 0.1) is 16.6 Å². The summed E-state index contributed by atoms with van der Waals surface area (Å²) >= 11 is 11.7. The highest BCUT2D eigenvalue weighted by Crippen LogP contribution is 2.19. The van der Waals surface area contributed by atoms with Gasteiger partial charge in [-0.3, -0.25) is 4.79 Å². The van der Waals surface area contributed by atoms with Gasteiger partial charge in [0, 0.05) is 11.2 Å². The molecule has 0 fully saturated rings. The van der Waals surface area contributed by atoms with E-state index >= 15 is 0 Å². The Morgan fingerprint density at radius 2 is 1.95 bits per heavy atom. The molecule has 3 N–H and O–H groups in total. The van der Waals surface area contributed by atoms with E-state index in [0.717, 1.165) is 5.56 Å². The van der Waals surface area contributed by atoms with Crippen LogP contribution < -0.4 is 11.1 Å². The van der Waals surface area contributed by atoms with Gasteiger partial charge in [-0.2, -0.15) is 0 Å². The van der Waals surface area contributed by atoms with Crippen LogP contribution in [0.3, 0.4) is 0 Å². The smallest absolute Gasteiger partial charge is 0.253 e. The Hall–Kier alpha value is -1.78. The molecule has 0 spiro atoms. The molecule has 0 bridgehead atoms. The van der Waals surface area contributed by atoms with Crippen molar-refractivity contribution in [2.24, 2.45) is 0 Å². The van der Waals surface area contributed by atoms with Gasteiger partial charge in [0.2, 0.25) is 0 Å². The summed E-state index contributed by atoms with van der Waals surface area (Å²) in [5.41, 5.74) is 6.83. The molecule has 104 valence electrons. The number of nitrogens with zero attached hydrogens (tertiary/aromatic N) is 1. The van der Waals surface area contributed by atoms with E-state index in [4.69, 9.17) is 28.9 Å². The van der Waals surface area contributed by atoms with E-state index in [1.807, 2.05) is 19.1 Å². The Morgan fingerprint density at radius 1 is 1.30 bits per heavy atom. The van der Waals surface area contributed by atoms with Gasteiger partial charge in [0.15, 0.2) is 0 Å². The van der Waals surface area contributed by atoms with E-state index in [1.165, 1.54) is 12.3 Å². The van der Waals surface area contributed by atoms with E-state index in [9.17, 15) is 4.79 Å². The van der Waals surface area contributed by atoms with E-state index in [0.29, 0.717) is 10.6 Å². The van der Waals surface area contributed by atoms with Gasteiger partial charge in [-0.1, -0.05) is 35.3 Å². The SMILES string of the molecule is CC(NC(=O)c1cnc(N)c(Cl)c1)c1ccc(Cl)cc1. The van der Waals surface area contributed by atoms with E-state index in [1.54, 1.807) is 12.1 Å². The summed E-state index contributed by atoms with van der Waals surface area (Å²) in [6.45, 7) is 1.88. The third-order valence-electron chi connectivity index (χ3n) is 2.85. The molecule has 1 aromatic heterocycles. The monoisotopic (exact) mass is 309 g/mol. The second kappa shape index (κ2) is 6.11. The molecule has 0 aliphatic rings. The van der Waals surface area contributed by atoms with Crippen LogP contribution >= 0.6 is 23.2 Å². The molecule has 0 radical (unpaired) electrons. The number of amides is 1. The Balaban J connectivity index is 2.10. The fourth-order valence-corrected chi connectivity index (χ4v) is 1.98. The first-order chi connectivity index (χ1) is 9.47. The van der Waals surface area contributed by atoms with Crippen molar-refractivity contribution >= 4 is 34.9 Å². The number of carbonyl (C=O) groups excluding carboxylic acids is 1. The minimum atomic E-state index is -0.262. The first-order valence-electron chi connectivity index (χ1n) is 5.94. The number of carbonyl (C=O) groups is 1. The molecule has 0 aliphatic heterocycles. The molecule has 20 heavy (non-hydrogen) atoms. The quantitative estimate of drug-likeness (QED) is 0.912. The summed E-state index contributed by atoms with van der Waals surface area (Å²) in [7, 11) is 0. The molecule has 2 aromatic rings. The average molecular weight is 310 g/mol. The maximum atomic E-state index is 12.1. The second-order valence-electron chi connectivity index (χ2n) is 4.34. The lowest BCUT2D eigenvalue weighted by Gasteiger charge is -2.14. The van der Waals surface area contributed by atoms with Crippen molar-refractivity contribution in [3.63, 3.8) is 0 Å². The van der Waals surface area contributed by atoms with Crippen LogP contribution in [-0.2, 0) is 0 Å². The number of pyridine rings is 1. The van der Waals surface area contributed by atoms with Crippen LogP contribution in [-0.4, -0.2) is 10.9 Å². The molecule has 1 heterocycles. The highest BCUT2D eigenvalue weighted by molar-refractivity contribution is 6.33. The fraction of sp³-hybridized carbons (Fsp3) is 0.143. The molecule has 0 saturated carbocycles. The molecular formula is C14H13Cl2N3O. The van der Waals surface area contributed by atoms with Crippen molar-refractivity contribution in [3.8, 4) is 0 Å². The number of nitrogens with one attached hydrogen (secondary N) is 1. The zero-order valence-electron chi connectivity index (χ0n) is 10.7.